The third-order valence-electron chi connectivity index (χ3n) is 6.69. The number of carbonyl (C=O) groups excluding carboxylic acids is 2. The van der Waals surface area contributed by atoms with Crippen LogP contribution in [0, 0.1) is 13.8 Å². The number of ketones is 1. The first-order valence-electron chi connectivity index (χ1n) is 11.4. The van der Waals surface area contributed by atoms with Crippen molar-refractivity contribution in [2.45, 2.75) is 70.9 Å². The fourth-order valence-electron chi connectivity index (χ4n) is 4.75. The van der Waals surface area contributed by atoms with Crippen LogP contribution in [0.2, 0.25) is 0 Å². The molecule has 33 heavy (non-hydrogen) atoms. The molecule has 1 atom stereocenters. The van der Waals surface area contributed by atoms with Gasteiger partial charge in [0.2, 0.25) is 10.9 Å². The topological polar surface area (TPSA) is 69.7 Å². The Morgan fingerprint density at radius 2 is 1.52 bits per heavy atom. The minimum Gasteiger partial charge on any atom is -0.497 e. The highest BCUT2D eigenvalue weighted by molar-refractivity contribution is 7.67. The average molecular weight is 470 g/mol. The summed E-state index contributed by atoms with van der Waals surface area (Å²) in [5.74, 6) is 0.647. The van der Waals surface area contributed by atoms with E-state index in [2.05, 4.69) is 20.8 Å². The first-order valence-corrected chi connectivity index (χ1v) is 12.6. The van der Waals surface area contributed by atoms with E-state index in [0.717, 1.165) is 29.5 Å². The lowest BCUT2D eigenvalue weighted by molar-refractivity contribution is 0.0928. The van der Waals surface area contributed by atoms with Crippen molar-refractivity contribution in [2.75, 3.05) is 14.2 Å². The summed E-state index contributed by atoms with van der Waals surface area (Å²) < 4.78 is 24.6. The largest absolute Gasteiger partial charge is 0.497 e. The molecule has 0 radical (unpaired) electrons. The molecule has 5 nitrogen and oxygen atoms in total. The minimum absolute atomic E-state index is 0.0626. The van der Waals surface area contributed by atoms with Crippen LogP contribution >= 0.6 is 7.80 Å². The minimum atomic E-state index is -2.49. The van der Waals surface area contributed by atoms with E-state index in [0.29, 0.717) is 35.5 Å². The molecule has 2 aromatic carbocycles. The van der Waals surface area contributed by atoms with Crippen molar-refractivity contribution >= 4 is 19.1 Å². The van der Waals surface area contributed by atoms with E-state index in [1.54, 1.807) is 25.3 Å². The number of rotatable bonds is 7. The Morgan fingerprint density at radius 1 is 0.939 bits per heavy atom. The van der Waals surface area contributed by atoms with E-state index in [1.165, 1.54) is 7.11 Å². The van der Waals surface area contributed by atoms with Gasteiger partial charge in [-0.2, -0.15) is 0 Å². The van der Waals surface area contributed by atoms with Crippen LogP contribution in [0.1, 0.15) is 83.9 Å². The second-order valence-electron chi connectivity index (χ2n) is 9.97. The predicted octanol–water partition coefficient (Wildman–Crippen LogP) is 6.78. The van der Waals surface area contributed by atoms with Crippen LogP contribution in [-0.4, -0.2) is 30.7 Å². The van der Waals surface area contributed by atoms with Gasteiger partial charge in [0.15, 0.2) is 0 Å². The van der Waals surface area contributed by atoms with E-state index in [-0.39, 0.29) is 11.2 Å². The Labute approximate surface area is 197 Å². The molecule has 1 fully saturated rings. The van der Waals surface area contributed by atoms with Gasteiger partial charge in [0.05, 0.1) is 25.3 Å². The van der Waals surface area contributed by atoms with Gasteiger partial charge in [-0.15, -0.1) is 0 Å². The summed E-state index contributed by atoms with van der Waals surface area (Å²) in [6, 6.07) is 8.97. The van der Waals surface area contributed by atoms with Crippen LogP contribution < -0.4 is 9.47 Å². The van der Waals surface area contributed by atoms with Crippen molar-refractivity contribution in [3.05, 3.63) is 58.1 Å². The molecule has 0 N–H and O–H groups in total. The van der Waals surface area contributed by atoms with Crippen LogP contribution in [0.4, 0.5) is 0 Å². The summed E-state index contributed by atoms with van der Waals surface area (Å²) in [5, 5.41) is -1.21. The average Bonchev–Trinajstić information content (AvgIpc) is 3.27. The maximum atomic E-state index is 13.9. The van der Waals surface area contributed by atoms with Crippen LogP contribution in [0.5, 0.6) is 11.5 Å². The van der Waals surface area contributed by atoms with Gasteiger partial charge in [-0.25, -0.2) is 4.79 Å². The third-order valence-corrected chi connectivity index (χ3v) is 8.71. The smallest absolute Gasteiger partial charge is 0.434 e. The number of Topliss-reactive ketones (excluding diaryl/α,β-unsaturated/α-hetero) is 1. The molecular formula is C27H34O5P+. The number of carbonyl (C=O) groups is 2. The number of hydrogen-bond donors (Lipinski definition) is 0. The molecule has 0 spiro atoms. The van der Waals surface area contributed by atoms with Crippen LogP contribution in [0.15, 0.2) is 30.3 Å². The number of hydrogen-bond acceptors (Lipinski definition) is 5. The monoisotopic (exact) mass is 469 g/mol. The molecule has 176 valence electrons. The zero-order chi connectivity index (χ0) is 24.6. The SMILES string of the molecule is COc1ccc(C(=O)C2([P+](=O)C(=O)c3c(C)cc(C(C)(C)C)cc3C)CCCC2)c(OC)c1. The molecule has 3 rings (SSSR count). The van der Waals surface area contributed by atoms with Gasteiger partial charge in [0, 0.05) is 18.9 Å². The number of aryl methyl sites for hydroxylation is 2. The number of benzene rings is 2. The van der Waals surface area contributed by atoms with E-state index in [1.807, 2.05) is 26.0 Å². The maximum Gasteiger partial charge on any atom is 0.434 e. The number of ether oxygens (including phenoxy) is 2. The highest BCUT2D eigenvalue weighted by Gasteiger charge is 2.61. The highest BCUT2D eigenvalue weighted by atomic mass is 31.1. The summed E-state index contributed by atoms with van der Waals surface area (Å²) in [4.78, 5) is 27.5. The molecule has 1 aliphatic carbocycles. The molecule has 1 aliphatic rings. The third kappa shape index (κ3) is 4.61. The van der Waals surface area contributed by atoms with Crippen molar-refractivity contribution in [3.8, 4) is 11.5 Å². The second-order valence-corrected chi connectivity index (χ2v) is 11.8. The normalized spacial score (nSPS) is 15.8. The first-order chi connectivity index (χ1) is 15.5. The van der Waals surface area contributed by atoms with Crippen molar-refractivity contribution < 1.29 is 23.6 Å². The van der Waals surface area contributed by atoms with Gasteiger partial charge in [-0.1, -0.05) is 37.5 Å². The fourth-order valence-corrected chi connectivity index (χ4v) is 6.72. The summed E-state index contributed by atoms with van der Waals surface area (Å²) in [6.07, 6.45) is 2.39. The number of methoxy groups -OCH3 is 2. The van der Waals surface area contributed by atoms with Gasteiger partial charge in [-0.05, 0) is 60.9 Å². The highest BCUT2D eigenvalue weighted by Crippen LogP contribution is 2.55. The van der Waals surface area contributed by atoms with Crippen LogP contribution in [0.25, 0.3) is 0 Å². The Morgan fingerprint density at radius 3 is 2.00 bits per heavy atom. The van der Waals surface area contributed by atoms with Gasteiger partial charge in [-0.3, -0.25) is 4.79 Å². The molecule has 0 bridgehead atoms. The molecule has 1 saturated carbocycles. The van der Waals surface area contributed by atoms with Gasteiger partial charge < -0.3 is 9.47 Å². The molecule has 0 saturated heterocycles. The predicted molar refractivity (Wildman–Crippen MR) is 132 cm³/mol. The molecule has 0 amide bonds. The van der Waals surface area contributed by atoms with Crippen LogP contribution in [0.3, 0.4) is 0 Å². The van der Waals surface area contributed by atoms with E-state index < -0.39 is 18.5 Å². The standard InChI is InChI=1S/C27H34O5P/c1-17-14-19(26(3,4)5)15-18(2)23(17)25(29)33(30)27(12-8-9-13-27)24(28)21-11-10-20(31-6)16-22(21)32-7/h10-11,14-16H,8-9,12-13H2,1-7H3/q+1. The van der Waals surface area contributed by atoms with Crippen molar-refractivity contribution in [1.82, 2.24) is 0 Å². The van der Waals surface area contributed by atoms with Crippen molar-refractivity contribution in [1.29, 1.82) is 0 Å². The fraction of sp³-hybridized carbons (Fsp3) is 0.481. The zero-order valence-electron chi connectivity index (χ0n) is 20.7. The lowest BCUT2D eigenvalue weighted by atomic mass is 9.84. The van der Waals surface area contributed by atoms with E-state index in [9.17, 15) is 14.2 Å². The zero-order valence-corrected chi connectivity index (χ0v) is 21.6. The summed E-state index contributed by atoms with van der Waals surface area (Å²) in [6.45, 7) is 10.1. The van der Waals surface area contributed by atoms with E-state index in [4.69, 9.17) is 9.47 Å². The Hall–Kier alpha value is -2.52. The lowest BCUT2D eigenvalue weighted by Gasteiger charge is -2.22. The molecule has 0 aliphatic heterocycles. The Bertz CT molecular complexity index is 1080. The first kappa shape index (κ1) is 25.1. The van der Waals surface area contributed by atoms with Gasteiger partial charge >= 0.3 is 13.3 Å². The summed E-state index contributed by atoms with van der Waals surface area (Å²) >= 11 is 0. The molecule has 2 aromatic rings. The lowest BCUT2D eigenvalue weighted by Crippen LogP contribution is -2.34. The summed E-state index contributed by atoms with van der Waals surface area (Å²) in [5.41, 5.74) is 3.05. The molecule has 0 aromatic heterocycles. The van der Waals surface area contributed by atoms with E-state index >= 15 is 0 Å². The Balaban J connectivity index is 2.05. The maximum absolute atomic E-state index is 13.9. The molecule has 1 unspecified atom stereocenters. The van der Waals surface area contributed by atoms with Crippen LogP contribution in [-0.2, 0) is 9.98 Å². The quantitative estimate of drug-likeness (QED) is 0.330. The molecular weight excluding hydrogens is 435 g/mol. The van der Waals surface area contributed by atoms with Gasteiger partial charge in [0.25, 0.3) is 0 Å². The van der Waals surface area contributed by atoms with Gasteiger partial charge in [0.1, 0.15) is 11.5 Å². The summed E-state index contributed by atoms with van der Waals surface area (Å²) in [7, 11) is 0.539. The molecule has 6 heteroatoms. The Kier molecular flexibility index (Phi) is 7.14. The van der Waals surface area contributed by atoms with Crippen molar-refractivity contribution in [3.63, 3.8) is 0 Å². The molecule has 0 heterocycles. The van der Waals surface area contributed by atoms with Crippen molar-refractivity contribution in [2.24, 2.45) is 0 Å². The second kappa shape index (κ2) is 9.38.